The lowest BCUT2D eigenvalue weighted by atomic mass is 9.95. The van der Waals surface area contributed by atoms with Crippen LogP contribution < -0.4 is 5.32 Å². The Hall–Kier alpha value is -2.10. The van der Waals surface area contributed by atoms with Gasteiger partial charge in [0.2, 0.25) is 0 Å². The van der Waals surface area contributed by atoms with Gasteiger partial charge in [0, 0.05) is 30.5 Å². The van der Waals surface area contributed by atoms with E-state index in [-0.39, 0.29) is 5.91 Å². The first-order chi connectivity index (χ1) is 10.8. The molecule has 2 aliphatic carbocycles. The van der Waals surface area contributed by atoms with E-state index in [1.807, 2.05) is 35.0 Å². The first-order valence-electron chi connectivity index (χ1n) is 8.13. The second kappa shape index (κ2) is 5.59. The zero-order valence-corrected chi connectivity index (χ0v) is 12.6. The third kappa shape index (κ3) is 2.65. The van der Waals surface area contributed by atoms with Crippen LogP contribution in [0.5, 0.6) is 0 Å². The molecule has 2 saturated carbocycles. The fourth-order valence-corrected chi connectivity index (χ4v) is 4.03. The molecule has 2 aromatic rings. The molecule has 0 radical (unpaired) electrons. The second-order valence-electron chi connectivity index (χ2n) is 6.69. The number of hydrogen-bond donors (Lipinski definition) is 1. The monoisotopic (exact) mass is 295 g/mol. The molecule has 4 rings (SSSR count). The average molecular weight is 295 g/mol. The van der Waals surface area contributed by atoms with Crippen molar-refractivity contribution in [3.05, 3.63) is 54.1 Å². The fourth-order valence-electron chi connectivity index (χ4n) is 4.03. The molecule has 0 unspecified atom stereocenters. The van der Waals surface area contributed by atoms with Crippen LogP contribution in [0.15, 0.2) is 43.0 Å². The van der Waals surface area contributed by atoms with Gasteiger partial charge in [0.1, 0.15) is 0 Å². The predicted molar refractivity (Wildman–Crippen MR) is 84.5 cm³/mol. The minimum Gasteiger partial charge on any atom is -0.349 e. The second-order valence-corrected chi connectivity index (χ2v) is 6.69. The summed E-state index contributed by atoms with van der Waals surface area (Å²) in [4.78, 5) is 16.4. The summed E-state index contributed by atoms with van der Waals surface area (Å²) in [6, 6.07) is 8.30. The van der Waals surface area contributed by atoms with Crippen LogP contribution in [0.4, 0.5) is 0 Å². The molecule has 1 amide bonds. The number of carbonyl (C=O) groups excluding carboxylic acids is 1. The van der Waals surface area contributed by atoms with E-state index in [9.17, 15) is 4.79 Å². The van der Waals surface area contributed by atoms with Crippen LogP contribution in [0, 0.1) is 11.8 Å². The molecular formula is C18H21N3O. The number of benzene rings is 1. The Morgan fingerprint density at radius 2 is 2.09 bits per heavy atom. The molecule has 0 aliphatic heterocycles. The molecule has 1 N–H and O–H groups in total. The lowest BCUT2D eigenvalue weighted by Crippen LogP contribution is -2.38. The van der Waals surface area contributed by atoms with Crippen molar-refractivity contribution in [3.63, 3.8) is 0 Å². The van der Waals surface area contributed by atoms with E-state index < -0.39 is 0 Å². The summed E-state index contributed by atoms with van der Waals surface area (Å²) >= 11 is 0. The Morgan fingerprint density at radius 1 is 1.23 bits per heavy atom. The van der Waals surface area contributed by atoms with Gasteiger partial charge in [-0.15, -0.1) is 0 Å². The number of fused-ring (bicyclic) bond motifs is 2. The minimum atomic E-state index is 0.0757. The summed E-state index contributed by atoms with van der Waals surface area (Å²) in [6.45, 7) is 0.786. The molecule has 114 valence electrons. The van der Waals surface area contributed by atoms with E-state index in [0.717, 1.165) is 23.9 Å². The van der Waals surface area contributed by atoms with Gasteiger partial charge < -0.3 is 9.88 Å². The molecule has 2 bridgehead atoms. The first-order valence-corrected chi connectivity index (χ1v) is 8.13. The Balaban J connectivity index is 1.38. The molecule has 22 heavy (non-hydrogen) atoms. The van der Waals surface area contributed by atoms with Crippen LogP contribution in [0.25, 0.3) is 0 Å². The van der Waals surface area contributed by atoms with Crippen LogP contribution in [0.2, 0.25) is 0 Å². The van der Waals surface area contributed by atoms with Crippen LogP contribution in [-0.2, 0) is 6.54 Å². The van der Waals surface area contributed by atoms with Crippen molar-refractivity contribution < 1.29 is 4.79 Å². The normalized spacial score (nSPS) is 26.3. The first kappa shape index (κ1) is 13.6. The number of rotatable bonds is 4. The average Bonchev–Trinajstić information content (AvgIpc) is 3.25. The van der Waals surface area contributed by atoms with Crippen molar-refractivity contribution in [2.75, 3.05) is 0 Å². The molecule has 4 nitrogen and oxygen atoms in total. The van der Waals surface area contributed by atoms with Crippen molar-refractivity contribution in [2.24, 2.45) is 11.8 Å². The molecule has 2 fully saturated rings. The Bertz CT molecular complexity index is 647. The van der Waals surface area contributed by atoms with Crippen molar-refractivity contribution in [3.8, 4) is 0 Å². The van der Waals surface area contributed by atoms with Crippen molar-refractivity contribution >= 4 is 5.91 Å². The molecule has 0 spiro atoms. The summed E-state index contributed by atoms with van der Waals surface area (Å²) < 4.78 is 2.02. The highest BCUT2D eigenvalue weighted by molar-refractivity contribution is 5.94. The van der Waals surface area contributed by atoms with Gasteiger partial charge >= 0.3 is 0 Å². The predicted octanol–water partition coefficient (Wildman–Crippen LogP) is 2.85. The zero-order valence-electron chi connectivity index (χ0n) is 12.6. The number of imidazole rings is 1. The summed E-state index contributed by atoms with van der Waals surface area (Å²) in [5.41, 5.74) is 1.94. The van der Waals surface area contributed by atoms with E-state index >= 15 is 0 Å². The summed E-state index contributed by atoms with van der Waals surface area (Å²) in [7, 11) is 0. The third-order valence-electron chi connectivity index (χ3n) is 5.20. The fraction of sp³-hybridized carbons (Fsp3) is 0.444. The van der Waals surface area contributed by atoms with Crippen LogP contribution in [0.1, 0.15) is 41.6 Å². The van der Waals surface area contributed by atoms with E-state index in [1.54, 1.807) is 12.5 Å². The number of aromatic nitrogens is 2. The highest BCUT2D eigenvalue weighted by atomic mass is 16.1. The molecule has 2 aliphatic rings. The zero-order chi connectivity index (χ0) is 14.9. The van der Waals surface area contributed by atoms with Crippen LogP contribution >= 0.6 is 0 Å². The van der Waals surface area contributed by atoms with Gasteiger partial charge in [0.05, 0.1) is 6.33 Å². The van der Waals surface area contributed by atoms with Crippen LogP contribution in [0.3, 0.4) is 0 Å². The highest BCUT2D eigenvalue weighted by Gasteiger charge is 2.40. The topological polar surface area (TPSA) is 46.9 Å². The number of amides is 1. The molecule has 0 saturated heterocycles. The van der Waals surface area contributed by atoms with Crippen molar-refractivity contribution in [2.45, 2.75) is 38.3 Å². The SMILES string of the molecule is O=C(N[C@H]1C[C@H]2CC[C@H]1C2)c1ccc(Cn2ccnc2)cc1. The van der Waals surface area contributed by atoms with Crippen molar-refractivity contribution in [1.82, 2.24) is 14.9 Å². The lowest BCUT2D eigenvalue weighted by molar-refractivity contribution is 0.0923. The highest BCUT2D eigenvalue weighted by Crippen LogP contribution is 2.44. The molecule has 1 aromatic heterocycles. The molecule has 1 aromatic carbocycles. The molecule has 3 atom stereocenters. The smallest absolute Gasteiger partial charge is 0.251 e. The van der Waals surface area contributed by atoms with E-state index in [1.165, 1.54) is 31.2 Å². The van der Waals surface area contributed by atoms with Crippen LogP contribution in [-0.4, -0.2) is 21.5 Å². The maximum atomic E-state index is 12.4. The Labute approximate surface area is 130 Å². The maximum absolute atomic E-state index is 12.4. The maximum Gasteiger partial charge on any atom is 0.251 e. The largest absolute Gasteiger partial charge is 0.349 e. The molecule has 4 heteroatoms. The lowest BCUT2D eigenvalue weighted by Gasteiger charge is -2.22. The number of nitrogens with zero attached hydrogens (tertiary/aromatic N) is 2. The van der Waals surface area contributed by atoms with Gasteiger partial charge in [0.25, 0.3) is 5.91 Å². The Morgan fingerprint density at radius 3 is 2.73 bits per heavy atom. The van der Waals surface area contributed by atoms with Gasteiger partial charge in [-0.3, -0.25) is 4.79 Å². The molecule has 1 heterocycles. The molecular weight excluding hydrogens is 274 g/mol. The number of carbonyl (C=O) groups is 1. The van der Waals surface area contributed by atoms with Gasteiger partial charge in [-0.25, -0.2) is 4.98 Å². The van der Waals surface area contributed by atoms with Crippen molar-refractivity contribution in [1.29, 1.82) is 0 Å². The quantitative estimate of drug-likeness (QED) is 0.943. The van der Waals surface area contributed by atoms with Gasteiger partial charge in [-0.2, -0.15) is 0 Å². The summed E-state index contributed by atoms with van der Waals surface area (Å²) in [6.07, 6.45) is 10.7. The number of nitrogens with one attached hydrogen (secondary N) is 1. The number of hydrogen-bond acceptors (Lipinski definition) is 2. The Kier molecular flexibility index (Phi) is 3.45. The van der Waals surface area contributed by atoms with E-state index in [4.69, 9.17) is 0 Å². The summed E-state index contributed by atoms with van der Waals surface area (Å²) in [5, 5.41) is 3.24. The van der Waals surface area contributed by atoms with Gasteiger partial charge in [0.15, 0.2) is 0 Å². The van der Waals surface area contributed by atoms with E-state index in [0.29, 0.717) is 6.04 Å². The van der Waals surface area contributed by atoms with Gasteiger partial charge in [-0.05, 0) is 48.8 Å². The van der Waals surface area contributed by atoms with Gasteiger partial charge in [-0.1, -0.05) is 18.6 Å². The summed E-state index contributed by atoms with van der Waals surface area (Å²) in [5.74, 6) is 1.65. The van der Waals surface area contributed by atoms with E-state index in [2.05, 4.69) is 10.3 Å². The third-order valence-corrected chi connectivity index (χ3v) is 5.20. The minimum absolute atomic E-state index is 0.0757. The standard InChI is InChI=1S/C18H21N3O/c22-18(20-17-10-14-3-6-16(17)9-14)15-4-1-13(2-5-15)11-21-8-7-19-12-21/h1-2,4-5,7-8,12,14,16-17H,3,6,9-11H2,(H,20,22)/t14-,16-,17-/m0/s1.